The molecule has 9 heteroatoms. The average molecular weight is 554 g/mol. The van der Waals surface area contributed by atoms with Gasteiger partial charge < -0.3 is 10.2 Å². The maximum Gasteiger partial charge on any atom is 0.264 e. The highest BCUT2D eigenvalue weighted by atomic mass is 35.5. The summed E-state index contributed by atoms with van der Waals surface area (Å²) in [5.41, 5.74) is 1.14. The molecule has 1 aliphatic rings. The van der Waals surface area contributed by atoms with E-state index in [1.165, 1.54) is 17.0 Å². The quantitative estimate of drug-likeness (QED) is 0.382. The number of rotatable bonds is 10. The molecule has 0 aliphatic heterocycles. The van der Waals surface area contributed by atoms with Crippen molar-refractivity contribution in [2.24, 2.45) is 0 Å². The van der Waals surface area contributed by atoms with Gasteiger partial charge in [0, 0.05) is 17.6 Å². The third-order valence-corrected chi connectivity index (χ3v) is 8.83. The van der Waals surface area contributed by atoms with Crippen LogP contribution in [0.4, 0.5) is 5.69 Å². The summed E-state index contributed by atoms with van der Waals surface area (Å²) in [5.74, 6) is -0.734. The van der Waals surface area contributed by atoms with Crippen LogP contribution in [-0.4, -0.2) is 43.8 Å². The second kappa shape index (κ2) is 12.5. The summed E-state index contributed by atoms with van der Waals surface area (Å²) in [6.45, 7) is 1.37. The van der Waals surface area contributed by atoms with Gasteiger partial charge in [0.15, 0.2) is 0 Å². The summed E-state index contributed by atoms with van der Waals surface area (Å²) in [6, 6.07) is 22.9. The number of halogens is 1. The highest BCUT2D eigenvalue weighted by Crippen LogP contribution is 2.26. The Balaban J connectivity index is 1.65. The molecule has 0 spiro atoms. The van der Waals surface area contributed by atoms with E-state index in [1.54, 1.807) is 49.4 Å². The molecule has 0 bridgehead atoms. The first-order valence-electron chi connectivity index (χ1n) is 12.7. The fourth-order valence-corrected chi connectivity index (χ4v) is 6.17. The standard InChI is InChI=1S/C29H32ClN3O4S/c1-22(29(35)31-25-12-8-9-13-25)32(20-23-10-4-2-5-11-23)28(34)21-33(26-18-16-24(30)17-19-26)38(36,37)27-14-6-3-7-15-27/h2-7,10-11,14-19,22,25H,8-9,12-13,20-21H2,1H3,(H,31,35)/t22-/m0/s1. The summed E-state index contributed by atoms with van der Waals surface area (Å²) in [7, 11) is -4.09. The topological polar surface area (TPSA) is 86.8 Å². The first kappa shape index (κ1) is 27.7. The van der Waals surface area contributed by atoms with Gasteiger partial charge in [-0.3, -0.25) is 13.9 Å². The van der Waals surface area contributed by atoms with Crippen molar-refractivity contribution < 1.29 is 18.0 Å². The molecule has 0 heterocycles. The van der Waals surface area contributed by atoms with Crippen molar-refractivity contribution in [2.45, 2.75) is 56.1 Å². The van der Waals surface area contributed by atoms with Crippen molar-refractivity contribution in [1.29, 1.82) is 0 Å². The molecule has 0 unspecified atom stereocenters. The van der Waals surface area contributed by atoms with Crippen LogP contribution in [0.25, 0.3) is 0 Å². The van der Waals surface area contributed by atoms with Crippen molar-refractivity contribution in [3.63, 3.8) is 0 Å². The maximum absolute atomic E-state index is 13.9. The SMILES string of the molecule is C[C@@H](C(=O)NC1CCCC1)N(Cc1ccccc1)C(=O)CN(c1ccc(Cl)cc1)S(=O)(=O)c1ccccc1. The molecule has 1 N–H and O–H groups in total. The number of amides is 2. The fraction of sp³-hybridized carbons (Fsp3) is 0.310. The van der Waals surface area contributed by atoms with Gasteiger partial charge in [0.2, 0.25) is 11.8 Å². The lowest BCUT2D eigenvalue weighted by Crippen LogP contribution is -2.52. The molecular weight excluding hydrogens is 522 g/mol. The van der Waals surface area contributed by atoms with Gasteiger partial charge in [-0.25, -0.2) is 8.42 Å². The van der Waals surface area contributed by atoms with Crippen LogP contribution in [0.1, 0.15) is 38.2 Å². The Labute approximate surface area is 229 Å². The first-order chi connectivity index (χ1) is 18.3. The highest BCUT2D eigenvalue weighted by Gasteiger charge is 2.33. The van der Waals surface area contributed by atoms with Crippen LogP contribution in [0.15, 0.2) is 89.8 Å². The molecule has 200 valence electrons. The largest absolute Gasteiger partial charge is 0.352 e. The summed E-state index contributed by atoms with van der Waals surface area (Å²) in [5, 5.41) is 3.51. The van der Waals surface area contributed by atoms with Crippen LogP contribution >= 0.6 is 11.6 Å². The number of hydrogen-bond donors (Lipinski definition) is 1. The van der Waals surface area contributed by atoms with Gasteiger partial charge in [0.25, 0.3) is 10.0 Å². The summed E-state index contributed by atoms with van der Waals surface area (Å²) < 4.78 is 28.5. The van der Waals surface area contributed by atoms with Crippen LogP contribution in [0.3, 0.4) is 0 Å². The lowest BCUT2D eigenvalue weighted by molar-refractivity contribution is -0.139. The Kier molecular flexibility index (Phi) is 9.07. The van der Waals surface area contributed by atoms with E-state index in [0.717, 1.165) is 35.6 Å². The smallest absolute Gasteiger partial charge is 0.264 e. The molecular formula is C29H32ClN3O4S. The van der Waals surface area contributed by atoms with E-state index in [4.69, 9.17) is 11.6 Å². The van der Waals surface area contributed by atoms with Crippen molar-refractivity contribution in [3.8, 4) is 0 Å². The number of hydrogen-bond acceptors (Lipinski definition) is 4. The first-order valence-corrected chi connectivity index (χ1v) is 14.5. The minimum Gasteiger partial charge on any atom is -0.352 e. The van der Waals surface area contributed by atoms with Gasteiger partial charge in [0.05, 0.1) is 10.6 Å². The minimum atomic E-state index is -4.09. The molecule has 1 saturated carbocycles. The van der Waals surface area contributed by atoms with Gasteiger partial charge in [-0.15, -0.1) is 0 Å². The van der Waals surface area contributed by atoms with Crippen LogP contribution in [0.2, 0.25) is 5.02 Å². The van der Waals surface area contributed by atoms with E-state index in [1.807, 2.05) is 30.3 Å². The summed E-state index contributed by atoms with van der Waals surface area (Å²) in [6.07, 6.45) is 3.98. The van der Waals surface area contributed by atoms with Crippen molar-refractivity contribution in [1.82, 2.24) is 10.2 Å². The Morgan fingerprint density at radius 2 is 1.50 bits per heavy atom. The molecule has 4 rings (SSSR count). The third-order valence-electron chi connectivity index (χ3n) is 6.79. The van der Waals surface area contributed by atoms with Crippen molar-refractivity contribution in [3.05, 3.63) is 95.5 Å². The Morgan fingerprint density at radius 3 is 2.11 bits per heavy atom. The Hall–Kier alpha value is -3.36. The second-order valence-corrected chi connectivity index (χ2v) is 11.8. The molecule has 1 fully saturated rings. The number of nitrogens with one attached hydrogen (secondary N) is 1. The molecule has 1 aliphatic carbocycles. The van der Waals surface area contributed by atoms with Crippen LogP contribution in [-0.2, 0) is 26.2 Å². The normalized spacial score (nSPS) is 14.6. The van der Waals surface area contributed by atoms with Gasteiger partial charge in [-0.2, -0.15) is 0 Å². The maximum atomic E-state index is 13.9. The van der Waals surface area contributed by atoms with Crippen LogP contribution in [0, 0.1) is 0 Å². The molecule has 3 aromatic rings. The third kappa shape index (κ3) is 6.74. The number of benzene rings is 3. The molecule has 0 radical (unpaired) electrons. The monoisotopic (exact) mass is 553 g/mol. The van der Waals surface area contributed by atoms with E-state index in [2.05, 4.69) is 5.32 Å². The molecule has 1 atom stereocenters. The Morgan fingerprint density at radius 1 is 0.921 bits per heavy atom. The zero-order valence-corrected chi connectivity index (χ0v) is 22.9. The van der Waals surface area contributed by atoms with Crippen LogP contribution < -0.4 is 9.62 Å². The Bertz CT molecular complexity index is 1330. The second-order valence-electron chi connectivity index (χ2n) is 9.47. The lowest BCUT2D eigenvalue weighted by atomic mass is 10.1. The van der Waals surface area contributed by atoms with E-state index < -0.39 is 28.5 Å². The predicted octanol–water partition coefficient (Wildman–Crippen LogP) is 5.01. The van der Waals surface area contributed by atoms with Crippen LogP contribution in [0.5, 0.6) is 0 Å². The van der Waals surface area contributed by atoms with E-state index in [9.17, 15) is 18.0 Å². The molecule has 7 nitrogen and oxygen atoms in total. The van der Waals surface area contributed by atoms with Gasteiger partial charge >= 0.3 is 0 Å². The highest BCUT2D eigenvalue weighted by molar-refractivity contribution is 7.92. The number of nitrogens with zero attached hydrogens (tertiary/aromatic N) is 2. The van der Waals surface area contributed by atoms with Gasteiger partial charge in [-0.1, -0.05) is 73.0 Å². The average Bonchev–Trinajstić information content (AvgIpc) is 3.44. The van der Waals surface area contributed by atoms with E-state index in [0.29, 0.717) is 10.7 Å². The lowest BCUT2D eigenvalue weighted by Gasteiger charge is -2.32. The van der Waals surface area contributed by atoms with E-state index in [-0.39, 0.29) is 23.4 Å². The number of carbonyl (C=O) groups is 2. The molecule has 3 aromatic carbocycles. The number of anilines is 1. The van der Waals surface area contributed by atoms with E-state index >= 15 is 0 Å². The molecule has 2 amide bonds. The zero-order chi connectivity index (χ0) is 27.1. The van der Waals surface area contributed by atoms with Gasteiger partial charge in [0.1, 0.15) is 12.6 Å². The minimum absolute atomic E-state index is 0.0596. The van der Waals surface area contributed by atoms with Gasteiger partial charge in [-0.05, 0) is 61.7 Å². The van der Waals surface area contributed by atoms with Crippen molar-refractivity contribution >= 4 is 39.1 Å². The molecule has 0 saturated heterocycles. The number of sulfonamides is 1. The predicted molar refractivity (Wildman–Crippen MR) is 149 cm³/mol. The molecule has 0 aromatic heterocycles. The fourth-order valence-electron chi connectivity index (χ4n) is 4.61. The van der Waals surface area contributed by atoms with Crippen molar-refractivity contribution in [2.75, 3.05) is 10.8 Å². The number of carbonyl (C=O) groups excluding carboxylic acids is 2. The molecule has 38 heavy (non-hydrogen) atoms. The summed E-state index contributed by atoms with van der Waals surface area (Å²) >= 11 is 6.05. The zero-order valence-electron chi connectivity index (χ0n) is 21.3. The summed E-state index contributed by atoms with van der Waals surface area (Å²) in [4.78, 5) is 28.6.